The Kier molecular flexibility index (Phi) is 5.13. The van der Waals surface area contributed by atoms with Crippen LogP contribution < -0.4 is 5.32 Å². The fourth-order valence-corrected chi connectivity index (χ4v) is 1.92. The number of aryl methyl sites for hydroxylation is 1. The summed E-state index contributed by atoms with van der Waals surface area (Å²) in [5.74, 6) is 5.20. The van der Waals surface area contributed by atoms with Crippen molar-refractivity contribution in [3.05, 3.63) is 53.1 Å². The first-order chi connectivity index (χ1) is 10.2. The predicted octanol–water partition coefficient (Wildman–Crippen LogP) is 1.03. The van der Waals surface area contributed by atoms with Gasteiger partial charge in [0.15, 0.2) is 0 Å². The molecule has 0 unspecified atom stereocenters. The number of aliphatic hydroxyl groups is 1. The molecule has 1 heterocycles. The summed E-state index contributed by atoms with van der Waals surface area (Å²) in [6.45, 7) is 2.21. The Hall–Kier alpha value is -2.58. The van der Waals surface area contributed by atoms with Crippen molar-refractivity contribution in [3.63, 3.8) is 0 Å². The summed E-state index contributed by atoms with van der Waals surface area (Å²) in [6.07, 6.45) is 4.03. The van der Waals surface area contributed by atoms with Crippen LogP contribution in [-0.2, 0) is 6.42 Å². The average Bonchev–Trinajstić information content (AvgIpc) is 2.99. The van der Waals surface area contributed by atoms with Crippen molar-refractivity contribution < 1.29 is 9.90 Å². The molecule has 0 saturated carbocycles. The van der Waals surface area contributed by atoms with Crippen LogP contribution in [0.25, 0.3) is 0 Å². The molecule has 0 atom stereocenters. The Morgan fingerprint density at radius 1 is 1.48 bits per heavy atom. The fraction of sp³-hybridized carbons (Fsp3) is 0.250. The molecule has 0 fully saturated rings. The molecule has 0 spiro atoms. The number of aromatic amines is 1. The number of carbonyl (C=O) groups excluding carboxylic acids is 1. The second-order valence-corrected chi connectivity index (χ2v) is 4.59. The summed E-state index contributed by atoms with van der Waals surface area (Å²) in [6, 6.07) is 5.48. The topological polar surface area (TPSA) is 78.0 Å². The molecule has 1 amide bonds. The highest BCUT2D eigenvalue weighted by atomic mass is 16.2. The zero-order chi connectivity index (χ0) is 15.1. The zero-order valence-corrected chi connectivity index (χ0v) is 11.8. The SMILES string of the molecule is Cc1ccc(C#CCO)c(C(=O)NCCc2cnc[nH]2)c1. The van der Waals surface area contributed by atoms with E-state index < -0.39 is 0 Å². The second-order valence-electron chi connectivity index (χ2n) is 4.59. The van der Waals surface area contributed by atoms with Crippen LogP contribution in [0.5, 0.6) is 0 Å². The first kappa shape index (κ1) is 14.8. The number of carbonyl (C=O) groups is 1. The minimum atomic E-state index is -0.227. The third-order valence-electron chi connectivity index (χ3n) is 2.96. The maximum absolute atomic E-state index is 12.2. The van der Waals surface area contributed by atoms with Crippen molar-refractivity contribution in [1.29, 1.82) is 0 Å². The Balaban J connectivity index is 2.05. The van der Waals surface area contributed by atoms with Crippen molar-refractivity contribution >= 4 is 5.91 Å². The van der Waals surface area contributed by atoms with E-state index in [-0.39, 0.29) is 12.5 Å². The summed E-state index contributed by atoms with van der Waals surface area (Å²) < 4.78 is 0. The number of H-pyrrole nitrogens is 1. The third-order valence-corrected chi connectivity index (χ3v) is 2.96. The summed E-state index contributed by atoms with van der Waals surface area (Å²) in [4.78, 5) is 19.2. The highest BCUT2D eigenvalue weighted by Gasteiger charge is 2.10. The molecule has 5 heteroatoms. The van der Waals surface area contributed by atoms with Crippen LogP contribution in [0.15, 0.2) is 30.7 Å². The zero-order valence-electron chi connectivity index (χ0n) is 11.8. The number of rotatable bonds is 4. The van der Waals surface area contributed by atoms with E-state index in [0.717, 1.165) is 11.3 Å². The van der Waals surface area contributed by atoms with Crippen LogP contribution in [0.1, 0.15) is 27.2 Å². The summed E-state index contributed by atoms with van der Waals surface area (Å²) in [5.41, 5.74) is 3.11. The van der Waals surface area contributed by atoms with Crippen LogP contribution >= 0.6 is 0 Å². The third kappa shape index (κ3) is 4.20. The molecule has 0 aliphatic rings. The lowest BCUT2D eigenvalue weighted by atomic mass is 10.0. The maximum Gasteiger partial charge on any atom is 0.252 e. The monoisotopic (exact) mass is 283 g/mol. The van der Waals surface area contributed by atoms with E-state index in [1.54, 1.807) is 24.7 Å². The number of benzene rings is 1. The van der Waals surface area contributed by atoms with Crippen LogP contribution in [0.3, 0.4) is 0 Å². The highest BCUT2D eigenvalue weighted by Crippen LogP contribution is 2.11. The standard InChI is InChI=1S/C16H17N3O2/c1-12-4-5-13(3-2-8-20)15(9-12)16(21)18-7-6-14-10-17-11-19-14/h4-5,9-11,20H,6-8H2,1H3,(H,17,19)(H,18,21). The second kappa shape index (κ2) is 7.27. The Bertz CT molecular complexity index is 667. The molecule has 1 aromatic carbocycles. The lowest BCUT2D eigenvalue weighted by Gasteiger charge is -2.07. The van der Waals surface area contributed by atoms with Crippen LogP contribution in [0.2, 0.25) is 0 Å². The molecule has 1 aromatic heterocycles. The molecular formula is C16H17N3O2. The smallest absolute Gasteiger partial charge is 0.252 e. The van der Waals surface area contributed by atoms with Gasteiger partial charge in [-0.25, -0.2) is 4.98 Å². The van der Waals surface area contributed by atoms with Crippen molar-refractivity contribution in [2.45, 2.75) is 13.3 Å². The van der Waals surface area contributed by atoms with Crippen molar-refractivity contribution in [3.8, 4) is 11.8 Å². The van der Waals surface area contributed by atoms with Crippen LogP contribution in [0.4, 0.5) is 0 Å². The first-order valence-electron chi connectivity index (χ1n) is 6.66. The van der Waals surface area contributed by atoms with Gasteiger partial charge in [0.1, 0.15) is 6.61 Å². The van der Waals surface area contributed by atoms with Gasteiger partial charge in [0.2, 0.25) is 0 Å². The Morgan fingerprint density at radius 3 is 3.05 bits per heavy atom. The summed E-state index contributed by atoms with van der Waals surface area (Å²) in [5, 5.41) is 11.6. The molecule has 0 saturated heterocycles. The van der Waals surface area contributed by atoms with Gasteiger partial charge in [0.25, 0.3) is 5.91 Å². The van der Waals surface area contributed by atoms with Gasteiger partial charge in [0.05, 0.1) is 11.9 Å². The Morgan fingerprint density at radius 2 is 2.33 bits per heavy atom. The number of hydrogen-bond donors (Lipinski definition) is 3. The lowest BCUT2D eigenvalue weighted by Crippen LogP contribution is -2.26. The molecule has 108 valence electrons. The minimum absolute atomic E-state index is 0.166. The largest absolute Gasteiger partial charge is 0.384 e. The van der Waals surface area contributed by atoms with E-state index in [1.165, 1.54) is 0 Å². The molecular weight excluding hydrogens is 266 g/mol. The molecule has 2 aromatic rings. The van der Waals surface area contributed by atoms with E-state index in [0.29, 0.717) is 24.1 Å². The maximum atomic E-state index is 12.2. The summed E-state index contributed by atoms with van der Waals surface area (Å²) >= 11 is 0. The Labute approximate surface area is 123 Å². The van der Waals surface area contributed by atoms with Crippen molar-refractivity contribution in [1.82, 2.24) is 15.3 Å². The lowest BCUT2D eigenvalue weighted by molar-refractivity contribution is 0.0953. The van der Waals surface area contributed by atoms with E-state index in [1.807, 2.05) is 13.0 Å². The van der Waals surface area contributed by atoms with Gasteiger partial charge in [-0.05, 0) is 19.1 Å². The van der Waals surface area contributed by atoms with E-state index in [4.69, 9.17) is 5.11 Å². The number of aliphatic hydroxyl groups excluding tert-OH is 1. The van der Waals surface area contributed by atoms with Gasteiger partial charge in [0, 0.05) is 30.4 Å². The molecule has 3 N–H and O–H groups in total. The molecule has 2 rings (SSSR count). The number of aromatic nitrogens is 2. The normalized spacial score (nSPS) is 9.81. The van der Waals surface area contributed by atoms with Gasteiger partial charge in [-0.2, -0.15) is 0 Å². The summed E-state index contributed by atoms with van der Waals surface area (Å²) in [7, 11) is 0. The van der Waals surface area contributed by atoms with Gasteiger partial charge >= 0.3 is 0 Å². The number of imidazole rings is 1. The fourth-order valence-electron chi connectivity index (χ4n) is 1.92. The van der Waals surface area contributed by atoms with E-state index in [9.17, 15) is 4.79 Å². The average molecular weight is 283 g/mol. The molecule has 0 bridgehead atoms. The molecule has 0 radical (unpaired) electrons. The number of nitrogens with zero attached hydrogens (tertiary/aromatic N) is 1. The van der Waals surface area contributed by atoms with Crippen molar-refractivity contribution in [2.24, 2.45) is 0 Å². The van der Waals surface area contributed by atoms with Gasteiger partial charge in [-0.1, -0.05) is 23.5 Å². The molecule has 5 nitrogen and oxygen atoms in total. The molecule has 0 aliphatic carbocycles. The number of hydrogen-bond acceptors (Lipinski definition) is 3. The molecule has 0 aliphatic heterocycles. The molecule has 21 heavy (non-hydrogen) atoms. The van der Waals surface area contributed by atoms with Gasteiger partial charge in [-0.3, -0.25) is 4.79 Å². The number of nitrogens with one attached hydrogen (secondary N) is 2. The van der Waals surface area contributed by atoms with Crippen molar-refractivity contribution in [2.75, 3.05) is 13.2 Å². The van der Waals surface area contributed by atoms with Crippen LogP contribution in [-0.4, -0.2) is 34.1 Å². The minimum Gasteiger partial charge on any atom is -0.384 e. The first-order valence-corrected chi connectivity index (χ1v) is 6.66. The number of amides is 1. The predicted molar refractivity (Wildman–Crippen MR) is 79.8 cm³/mol. The van der Waals surface area contributed by atoms with Crippen LogP contribution in [0, 0.1) is 18.8 Å². The highest BCUT2D eigenvalue weighted by molar-refractivity contribution is 5.96. The van der Waals surface area contributed by atoms with Gasteiger partial charge in [-0.15, -0.1) is 0 Å². The van der Waals surface area contributed by atoms with E-state index in [2.05, 4.69) is 27.1 Å². The quantitative estimate of drug-likeness (QED) is 0.734. The van der Waals surface area contributed by atoms with E-state index >= 15 is 0 Å². The van der Waals surface area contributed by atoms with Gasteiger partial charge < -0.3 is 15.4 Å².